The van der Waals surface area contributed by atoms with Crippen molar-refractivity contribution in [1.29, 1.82) is 0 Å². The predicted octanol–water partition coefficient (Wildman–Crippen LogP) is 3.81. The minimum absolute atomic E-state index is 0.171. The topological polar surface area (TPSA) is 44.3 Å². The van der Waals surface area contributed by atoms with Crippen LogP contribution in [0, 0.1) is 0 Å². The van der Waals surface area contributed by atoms with Gasteiger partial charge in [-0.25, -0.2) is 9.97 Å². The van der Waals surface area contributed by atoms with E-state index in [1.807, 2.05) is 18.2 Å². The van der Waals surface area contributed by atoms with Crippen LogP contribution in [0.15, 0.2) is 60.9 Å². The third kappa shape index (κ3) is 4.32. The molecule has 0 unspecified atom stereocenters. The number of benzene rings is 2. The van der Waals surface area contributed by atoms with E-state index >= 15 is 0 Å². The van der Waals surface area contributed by atoms with Gasteiger partial charge in [-0.1, -0.05) is 42.5 Å². The number of anilines is 1. The van der Waals surface area contributed by atoms with E-state index in [0.717, 1.165) is 23.3 Å². The standard InChI is InChI=1S/C23H29N5/c1-27-14-12-19(13-15-27)28(2)16-22(18-8-4-3-5-9-18)26-23-20-10-6-7-11-21(20)24-17-25-23/h3-11,17,19,22H,12-16H2,1-2H3,(H,24,25,26)/t22-/m0/s1. The highest BCUT2D eigenvalue weighted by Crippen LogP contribution is 2.26. The summed E-state index contributed by atoms with van der Waals surface area (Å²) in [5.74, 6) is 0.899. The quantitative estimate of drug-likeness (QED) is 0.710. The summed E-state index contributed by atoms with van der Waals surface area (Å²) in [6.07, 6.45) is 4.10. The van der Waals surface area contributed by atoms with E-state index in [9.17, 15) is 0 Å². The molecule has 3 aromatic rings. The highest BCUT2D eigenvalue weighted by molar-refractivity contribution is 5.88. The van der Waals surface area contributed by atoms with Gasteiger partial charge in [0.05, 0.1) is 11.6 Å². The smallest absolute Gasteiger partial charge is 0.137 e. The number of likely N-dealkylation sites (tertiary alicyclic amines) is 1. The molecule has 2 aromatic carbocycles. The van der Waals surface area contributed by atoms with Gasteiger partial charge in [0.15, 0.2) is 0 Å². The van der Waals surface area contributed by atoms with Crippen LogP contribution in [0.25, 0.3) is 10.9 Å². The minimum Gasteiger partial charge on any atom is -0.361 e. The second-order valence-electron chi connectivity index (χ2n) is 7.82. The van der Waals surface area contributed by atoms with Crippen LogP contribution in [0.2, 0.25) is 0 Å². The van der Waals surface area contributed by atoms with Crippen LogP contribution in [0.5, 0.6) is 0 Å². The summed E-state index contributed by atoms with van der Waals surface area (Å²) in [6.45, 7) is 3.29. The zero-order valence-corrected chi connectivity index (χ0v) is 16.8. The summed E-state index contributed by atoms with van der Waals surface area (Å²) >= 11 is 0. The summed E-state index contributed by atoms with van der Waals surface area (Å²) in [5.41, 5.74) is 2.25. The maximum absolute atomic E-state index is 4.55. The Hall–Kier alpha value is -2.50. The van der Waals surface area contributed by atoms with Crippen LogP contribution in [0.4, 0.5) is 5.82 Å². The molecule has 28 heavy (non-hydrogen) atoms. The lowest BCUT2D eigenvalue weighted by Gasteiger charge is -2.37. The molecule has 0 radical (unpaired) electrons. The molecule has 1 aromatic heterocycles. The van der Waals surface area contributed by atoms with Crippen molar-refractivity contribution in [3.8, 4) is 0 Å². The van der Waals surface area contributed by atoms with E-state index in [0.29, 0.717) is 6.04 Å². The Kier molecular flexibility index (Phi) is 5.84. The molecule has 0 aliphatic carbocycles. The van der Waals surface area contributed by atoms with Crippen LogP contribution < -0.4 is 5.32 Å². The van der Waals surface area contributed by atoms with Crippen molar-refractivity contribution < 1.29 is 0 Å². The van der Waals surface area contributed by atoms with Gasteiger partial charge in [-0.15, -0.1) is 0 Å². The molecule has 1 saturated heterocycles. The van der Waals surface area contributed by atoms with Gasteiger partial charge in [0.2, 0.25) is 0 Å². The van der Waals surface area contributed by atoms with E-state index in [1.165, 1.54) is 31.5 Å². The number of aromatic nitrogens is 2. The Morgan fingerprint density at radius 2 is 1.75 bits per heavy atom. The highest BCUT2D eigenvalue weighted by atomic mass is 15.2. The SMILES string of the molecule is CN1CCC(N(C)C[C@H](Nc2ncnc3ccccc23)c2ccccc2)CC1. The molecular formula is C23H29N5. The number of fused-ring (bicyclic) bond motifs is 1. The van der Waals surface area contributed by atoms with Crippen molar-refractivity contribution in [3.05, 3.63) is 66.5 Å². The molecule has 146 valence electrons. The lowest BCUT2D eigenvalue weighted by Crippen LogP contribution is -2.44. The summed E-state index contributed by atoms with van der Waals surface area (Å²) in [7, 11) is 4.47. The van der Waals surface area contributed by atoms with Gasteiger partial charge in [0, 0.05) is 18.0 Å². The first kappa shape index (κ1) is 18.8. The van der Waals surface area contributed by atoms with E-state index in [2.05, 4.69) is 75.6 Å². The van der Waals surface area contributed by atoms with E-state index < -0.39 is 0 Å². The maximum atomic E-state index is 4.55. The third-order valence-electron chi connectivity index (χ3n) is 5.84. The second kappa shape index (κ2) is 8.67. The number of para-hydroxylation sites is 1. The van der Waals surface area contributed by atoms with Crippen molar-refractivity contribution in [1.82, 2.24) is 19.8 Å². The zero-order valence-electron chi connectivity index (χ0n) is 16.8. The molecule has 5 heteroatoms. The fraction of sp³-hybridized carbons (Fsp3) is 0.391. The number of hydrogen-bond acceptors (Lipinski definition) is 5. The van der Waals surface area contributed by atoms with Crippen molar-refractivity contribution in [2.75, 3.05) is 39.0 Å². The Labute approximate surface area is 167 Å². The Balaban J connectivity index is 1.57. The molecule has 1 N–H and O–H groups in total. The molecule has 2 heterocycles. The Bertz CT molecular complexity index is 884. The largest absolute Gasteiger partial charge is 0.361 e. The Morgan fingerprint density at radius 3 is 2.54 bits per heavy atom. The number of piperidine rings is 1. The average molecular weight is 376 g/mol. The first-order chi connectivity index (χ1) is 13.7. The van der Waals surface area contributed by atoms with Gasteiger partial charge < -0.3 is 15.1 Å². The fourth-order valence-corrected chi connectivity index (χ4v) is 4.08. The van der Waals surface area contributed by atoms with Crippen molar-refractivity contribution in [2.24, 2.45) is 0 Å². The summed E-state index contributed by atoms with van der Waals surface area (Å²) in [4.78, 5) is 13.9. The summed E-state index contributed by atoms with van der Waals surface area (Å²) < 4.78 is 0. The zero-order chi connectivity index (χ0) is 19.3. The number of rotatable bonds is 6. The van der Waals surface area contributed by atoms with Crippen molar-refractivity contribution >= 4 is 16.7 Å². The second-order valence-corrected chi connectivity index (χ2v) is 7.82. The van der Waals surface area contributed by atoms with Crippen molar-refractivity contribution in [3.63, 3.8) is 0 Å². The average Bonchev–Trinajstić information content (AvgIpc) is 2.74. The molecule has 0 bridgehead atoms. The van der Waals surface area contributed by atoms with E-state index in [4.69, 9.17) is 0 Å². The fourth-order valence-electron chi connectivity index (χ4n) is 4.08. The molecule has 0 spiro atoms. The van der Waals surface area contributed by atoms with Crippen LogP contribution in [0.3, 0.4) is 0 Å². The van der Waals surface area contributed by atoms with Crippen LogP contribution in [-0.4, -0.2) is 59.5 Å². The molecule has 4 rings (SSSR count). The maximum Gasteiger partial charge on any atom is 0.137 e. The molecule has 0 amide bonds. The van der Waals surface area contributed by atoms with Gasteiger partial charge >= 0.3 is 0 Å². The van der Waals surface area contributed by atoms with Gasteiger partial charge in [0.1, 0.15) is 12.1 Å². The molecule has 1 aliphatic rings. The summed E-state index contributed by atoms with van der Waals surface area (Å²) in [5, 5.41) is 4.78. The monoisotopic (exact) mass is 375 g/mol. The first-order valence-corrected chi connectivity index (χ1v) is 10.1. The molecule has 0 saturated carbocycles. The lowest BCUT2D eigenvalue weighted by molar-refractivity contribution is 0.140. The molecule has 1 aliphatic heterocycles. The van der Waals surface area contributed by atoms with E-state index in [-0.39, 0.29) is 6.04 Å². The van der Waals surface area contributed by atoms with Gasteiger partial charge in [0.25, 0.3) is 0 Å². The number of nitrogens with zero attached hydrogens (tertiary/aromatic N) is 4. The number of likely N-dealkylation sites (N-methyl/N-ethyl adjacent to an activating group) is 1. The molecule has 1 fully saturated rings. The lowest BCUT2D eigenvalue weighted by atomic mass is 10.0. The number of nitrogens with one attached hydrogen (secondary N) is 1. The van der Waals surface area contributed by atoms with Crippen molar-refractivity contribution in [2.45, 2.75) is 24.9 Å². The molecule has 5 nitrogen and oxygen atoms in total. The predicted molar refractivity (Wildman–Crippen MR) is 115 cm³/mol. The number of hydrogen-bond donors (Lipinski definition) is 1. The van der Waals surface area contributed by atoms with Crippen LogP contribution >= 0.6 is 0 Å². The van der Waals surface area contributed by atoms with E-state index in [1.54, 1.807) is 6.33 Å². The third-order valence-corrected chi connectivity index (χ3v) is 5.84. The first-order valence-electron chi connectivity index (χ1n) is 10.1. The van der Waals surface area contributed by atoms with Gasteiger partial charge in [-0.2, -0.15) is 0 Å². The highest BCUT2D eigenvalue weighted by Gasteiger charge is 2.24. The van der Waals surface area contributed by atoms with Crippen LogP contribution in [0.1, 0.15) is 24.4 Å². The van der Waals surface area contributed by atoms with Gasteiger partial charge in [-0.3, -0.25) is 0 Å². The summed E-state index contributed by atoms with van der Waals surface area (Å²) in [6, 6.07) is 19.7. The minimum atomic E-state index is 0.171. The van der Waals surface area contributed by atoms with Crippen LogP contribution in [-0.2, 0) is 0 Å². The Morgan fingerprint density at radius 1 is 1.04 bits per heavy atom. The molecule has 1 atom stereocenters. The molecular weight excluding hydrogens is 346 g/mol. The van der Waals surface area contributed by atoms with Gasteiger partial charge in [-0.05, 0) is 57.7 Å². The normalized spacial score (nSPS) is 17.1.